The van der Waals surface area contributed by atoms with Crippen molar-refractivity contribution >= 4 is 5.97 Å². The topological polar surface area (TPSA) is 53.4 Å². The van der Waals surface area contributed by atoms with Gasteiger partial charge < -0.3 is 5.11 Å². The van der Waals surface area contributed by atoms with Crippen molar-refractivity contribution in [1.82, 2.24) is 9.88 Å². The van der Waals surface area contributed by atoms with Crippen LogP contribution >= 0.6 is 0 Å². The maximum Gasteiger partial charge on any atom is 0.305 e. The summed E-state index contributed by atoms with van der Waals surface area (Å²) >= 11 is 0. The first-order valence-electron chi connectivity index (χ1n) is 5.69. The molecular weight excluding hydrogens is 216 g/mol. The molecule has 0 fully saturated rings. The Morgan fingerprint density at radius 1 is 1.59 bits per heavy atom. The molecule has 1 N–H and O–H groups in total. The molecule has 0 aromatic carbocycles. The Bertz CT molecular complexity index is 376. The second kappa shape index (κ2) is 5.27. The first kappa shape index (κ1) is 13.6. The number of aromatic nitrogens is 1. The van der Waals surface area contributed by atoms with Crippen LogP contribution in [0.15, 0.2) is 24.5 Å². The predicted molar refractivity (Wildman–Crippen MR) is 66.7 cm³/mol. The Morgan fingerprint density at radius 3 is 2.71 bits per heavy atom. The standard InChI is InChI=1S/C13H20N2O2/c1-10(11-6-5-7-14-9-11)15(4)13(2,3)8-12(16)17/h5-7,9-10H,8H2,1-4H3,(H,16,17). The van der Waals surface area contributed by atoms with Gasteiger partial charge in [0, 0.05) is 24.0 Å². The molecule has 0 amide bonds. The first-order valence-corrected chi connectivity index (χ1v) is 5.69. The minimum absolute atomic E-state index is 0.119. The molecule has 4 nitrogen and oxygen atoms in total. The Kier molecular flexibility index (Phi) is 4.23. The molecule has 0 aliphatic carbocycles. The number of nitrogens with zero attached hydrogens (tertiary/aromatic N) is 2. The lowest BCUT2D eigenvalue weighted by atomic mass is 9.95. The van der Waals surface area contributed by atoms with E-state index >= 15 is 0 Å². The highest BCUT2D eigenvalue weighted by atomic mass is 16.4. The van der Waals surface area contributed by atoms with Crippen molar-refractivity contribution in [3.63, 3.8) is 0 Å². The molecule has 0 saturated heterocycles. The fourth-order valence-electron chi connectivity index (χ4n) is 1.87. The van der Waals surface area contributed by atoms with Crippen molar-refractivity contribution in [1.29, 1.82) is 0 Å². The van der Waals surface area contributed by atoms with Gasteiger partial charge in [0.05, 0.1) is 6.42 Å². The molecule has 0 aliphatic rings. The van der Waals surface area contributed by atoms with E-state index in [4.69, 9.17) is 5.11 Å². The van der Waals surface area contributed by atoms with Gasteiger partial charge in [0.25, 0.3) is 0 Å². The molecule has 1 rings (SSSR count). The second-order valence-electron chi connectivity index (χ2n) is 4.96. The monoisotopic (exact) mass is 236 g/mol. The van der Waals surface area contributed by atoms with E-state index in [1.54, 1.807) is 6.20 Å². The highest BCUT2D eigenvalue weighted by Gasteiger charge is 2.30. The summed E-state index contributed by atoms with van der Waals surface area (Å²) in [7, 11) is 1.95. The van der Waals surface area contributed by atoms with E-state index in [2.05, 4.69) is 16.8 Å². The van der Waals surface area contributed by atoms with E-state index in [0.717, 1.165) is 5.56 Å². The van der Waals surface area contributed by atoms with E-state index in [1.165, 1.54) is 0 Å². The van der Waals surface area contributed by atoms with Crippen LogP contribution in [0.3, 0.4) is 0 Å². The van der Waals surface area contributed by atoms with Gasteiger partial charge in [-0.15, -0.1) is 0 Å². The van der Waals surface area contributed by atoms with Crippen LogP contribution in [0.2, 0.25) is 0 Å². The fraction of sp³-hybridized carbons (Fsp3) is 0.538. The molecule has 1 aromatic heterocycles. The van der Waals surface area contributed by atoms with E-state index in [-0.39, 0.29) is 18.0 Å². The minimum atomic E-state index is -0.778. The van der Waals surface area contributed by atoms with Crippen LogP contribution in [0.5, 0.6) is 0 Å². The molecule has 0 saturated carbocycles. The van der Waals surface area contributed by atoms with Crippen LogP contribution in [-0.4, -0.2) is 33.5 Å². The number of aliphatic carboxylic acids is 1. The first-order chi connectivity index (χ1) is 7.84. The van der Waals surface area contributed by atoms with Crippen molar-refractivity contribution in [3.05, 3.63) is 30.1 Å². The molecule has 0 bridgehead atoms. The van der Waals surface area contributed by atoms with Gasteiger partial charge in [-0.05, 0) is 39.4 Å². The molecule has 1 unspecified atom stereocenters. The van der Waals surface area contributed by atoms with Crippen LogP contribution in [-0.2, 0) is 4.79 Å². The normalized spacial score (nSPS) is 13.7. The Morgan fingerprint density at radius 2 is 2.24 bits per heavy atom. The fourth-order valence-corrected chi connectivity index (χ4v) is 1.87. The molecule has 1 aromatic rings. The number of carboxylic acids is 1. The van der Waals surface area contributed by atoms with Gasteiger partial charge in [-0.3, -0.25) is 14.7 Å². The zero-order chi connectivity index (χ0) is 13.1. The van der Waals surface area contributed by atoms with Crippen LogP contribution < -0.4 is 0 Å². The largest absolute Gasteiger partial charge is 0.481 e. The smallest absolute Gasteiger partial charge is 0.305 e. The third-order valence-corrected chi connectivity index (χ3v) is 3.29. The quantitative estimate of drug-likeness (QED) is 0.852. The van der Waals surface area contributed by atoms with Gasteiger partial charge >= 0.3 is 5.97 Å². The summed E-state index contributed by atoms with van der Waals surface area (Å²) in [6.07, 6.45) is 3.67. The van der Waals surface area contributed by atoms with Gasteiger partial charge in [0.1, 0.15) is 0 Å². The predicted octanol–water partition coefficient (Wildman–Crippen LogP) is 2.33. The van der Waals surface area contributed by atoms with Crippen molar-refractivity contribution in [3.8, 4) is 0 Å². The Balaban J connectivity index is 2.82. The minimum Gasteiger partial charge on any atom is -0.481 e. The number of pyridine rings is 1. The van der Waals surface area contributed by atoms with Gasteiger partial charge in [0.15, 0.2) is 0 Å². The summed E-state index contributed by atoms with van der Waals surface area (Å²) in [5.41, 5.74) is 0.703. The third kappa shape index (κ3) is 3.53. The van der Waals surface area contributed by atoms with Gasteiger partial charge in [-0.2, -0.15) is 0 Å². The van der Waals surface area contributed by atoms with Crippen LogP contribution in [0, 0.1) is 0 Å². The lowest BCUT2D eigenvalue weighted by molar-refractivity contribution is -0.140. The third-order valence-electron chi connectivity index (χ3n) is 3.29. The average molecular weight is 236 g/mol. The van der Waals surface area contributed by atoms with E-state index < -0.39 is 5.97 Å². The Labute approximate surface area is 102 Å². The zero-order valence-corrected chi connectivity index (χ0v) is 10.8. The molecule has 0 spiro atoms. The summed E-state index contributed by atoms with van der Waals surface area (Å²) in [4.78, 5) is 17.0. The van der Waals surface area contributed by atoms with Crippen LogP contribution in [0.25, 0.3) is 0 Å². The summed E-state index contributed by atoms with van der Waals surface area (Å²) in [6, 6.07) is 4.03. The molecule has 1 atom stereocenters. The summed E-state index contributed by atoms with van der Waals surface area (Å²) in [5, 5.41) is 8.91. The molecule has 4 heteroatoms. The number of carboxylic acid groups (broad SMARTS) is 1. The molecule has 0 aliphatic heterocycles. The molecule has 17 heavy (non-hydrogen) atoms. The summed E-state index contributed by atoms with van der Waals surface area (Å²) in [5.74, 6) is -0.778. The Hall–Kier alpha value is -1.42. The number of hydrogen-bond acceptors (Lipinski definition) is 3. The molecule has 94 valence electrons. The number of rotatable bonds is 5. The van der Waals surface area contributed by atoms with Crippen molar-refractivity contribution < 1.29 is 9.90 Å². The number of hydrogen-bond donors (Lipinski definition) is 1. The highest BCUT2D eigenvalue weighted by molar-refractivity contribution is 5.68. The zero-order valence-electron chi connectivity index (χ0n) is 10.8. The van der Waals surface area contributed by atoms with Crippen molar-refractivity contribution in [2.24, 2.45) is 0 Å². The van der Waals surface area contributed by atoms with Crippen LogP contribution in [0.1, 0.15) is 38.8 Å². The van der Waals surface area contributed by atoms with Crippen molar-refractivity contribution in [2.45, 2.75) is 38.8 Å². The van der Waals surface area contributed by atoms with Crippen LogP contribution in [0.4, 0.5) is 0 Å². The SMILES string of the molecule is CC(c1cccnc1)N(C)C(C)(C)CC(=O)O. The lowest BCUT2D eigenvalue weighted by Crippen LogP contribution is -2.44. The van der Waals surface area contributed by atoms with E-state index in [0.29, 0.717) is 0 Å². The molecule has 1 heterocycles. The van der Waals surface area contributed by atoms with Gasteiger partial charge in [0.2, 0.25) is 0 Å². The number of carbonyl (C=O) groups is 1. The van der Waals surface area contributed by atoms with Gasteiger partial charge in [-0.25, -0.2) is 0 Å². The summed E-state index contributed by atoms with van der Waals surface area (Å²) < 4.78 is 0. The van der Waals surface area contributed by atoms with E-state index in [1.807, 2.05) is 39.2 Å². The van der Waals surface area contributed by atoms with Gasteiger partial charge in [-0.1, -0.05) is 6.07 Å². The summed E-state index contributed by atoms with van der Waals surface area (Å²) in [6.45, 7) is 5.93. The second-order valence-corrected chi connectivity index (χ2v) is 4.96. The highest BCUT2D eigenvalue weighted by Crippen LogP contribution is 2.27. The molecular formula is C13H20N2O2. The molecule has 0 radical (unpaired) electrons. The average Bonchev–Trinajstić information content (AvgIpc) is 2.26. The lowest BCUT2D eigenvalue weighted by Gasteiger charge is -2.39. The van der Waals surface area contributed by atoms with E-state index in [9.17, 15) is 4.79 Å². The maximum atomic E-state index is 10.8. The van der Waals surface area contributed by atoms with Crippen molar-refractivity contribution in [2.75, 3.05) is 7.05 Å². The maximum absolute atomic E-state index is 10.8.